The first-order valence-corrected chi connectivity index (χ1v) is 5.52. The highest BCUT2D eigenvalue weighted by Crippen LogP contribution is 2.16. The van der Waals surface area contributed by atoms with E-state index in [1.807, 2.05) is 0 Å². The average molecular weight is 252 g/mol. The lowest BCUT2D eigenvalue weighted by molar-refractivity contribution is -0.128. The Bertz CT molecular complexity index is 432. The maximum Gasteiger partial charge on any atom is 0.339 e. The first-order valence-electron chi connectivity index (χ1n) is 5.52. The van der Waals surface area contributed by atoms with Crippen LogP contribution in [0.5, 0.6) is 5.75 Å². The number of aromatic nitrogens is 1. The molecule has 6 heteroatoms. The van der Waals surface area contributed by atoms with Crippen LogP contribution in [0.15, 0.2) is 18.5 Å². The second-order valence-electron chi connectivity index (χ2n) is 3.92. The molecule has 1 heterocycles. The van der Waals surface area contributed by atoms with Gasteiger partial charge in [-0.25, -0.2) is 4.79 Å². The SMILES string of the molecule is CN(C)C(=O)CCCOc1cnccc1C(=O)O. The van der Waals surface area contributed by atoms with Gasteiger partial charge in [0.15, 0.2) is 5.75 Å². The molecule has 0 radical (unpaired) electrons. The number of ether oxygens (including phenoxy) is 1. The summed E-state index contributed by atoms with van der Waals surface area (Å²) >= 11 is 0. The topological polar surface area (TPSA) is 79.7 Å². The van der Waals surface area contributed by atoms with Gasteiger partial charge in [0.2, 0.25) is 5.91 Å². The number of carboxylic acids is 1. The van der Waals surface area contributed by atoms with Crippen LogP contribution >= 0.6 is 0 Å². The van der Waals surface area contributed by atoms with E-state index in [4.69, 9.17) is 9.84 Å². The molecule has 0 atom stereocenters. The summed E-state index contributed by atoms with van der Waals surface area (Å²) < 4.78 is 5.31. The van der Waals surface area contributed by atoms with Crippen LogP contribution < -0.4 is 4.74 Å². The van der Waals surface area contributed by atoms with Crippen molar-refractivity contribution < 1.29 is 19.4 Å². The lowest BCUT2D eigenvalue weighted by Crippen LogP contribution is -2.21. The van der Waals surface area contributed by atoms with Gasteiger partial charge in [-0.05, 0) is 12.5 Å². The van der Waals surface area contributed by atoms with Crippen LogP contribution in [0.3, 0.4) is 0 Å². The molecule has 0 spiro atoms. The molecule has 0 saturated carbocycles. The molecule has 0 unspecified atom stereocenters. The fourth-order valence-electron chi connectivity index (χ4n) is 1.30. The molecule has 1 aromatic heterocycles. The van der Waals surface area contributed by atoms with Crippen molar-refractivity contribution in [3.05, 3.63) is 24.0 Å². The highest BCUT2D eigenvalue weighted by atomic mass is 16.5. The molecule has 18 heavy (non-hydrogen) atoms. The molecule has 1 rings (SSSR count). The van der Waals surface area contributed by atoms with E-state index in [1.165, 1.54) is 23.4 Å². The van der Waals surface area contributed by atoms with E-state index in [-0.39, 0.29) is 23.8 Å². The van der Waals surface area contributed by atoms with Gasteiger partial charge in [0.25, 0.3) is 0 Å². The normalized spacial score (nSPS) is 9.89. The van der Waals surface area contributed by atoms with E-state index in [0.29, 0.717) is 12.8 Å². The fourth-order valence-corrected chi connectivity index (χ4v) is 1.30. The summed E-state index contributed by atoms with van der Waals surface area (Å²) in [6, 6.07) is 1.38. The highest BCUT2D eigenvalue weighted by Gasteiger charge is 2.11. The smallest absolute Gasteiger partial charge is 0.339 e. The number of carbonyl (C=O) groups excluding carboxylic acids is 1. The number of rotatable bonds is 6. The summed E-state index contributed by atoms with van der Waals surface area (Å²) in [5.74, 6) is -0.817. The van der Waals surface area contributed by atoms with Crippen molar-refractivity contribution >= 4 is 11.9 Å². The number of hydrogen-bond donors (Lipinski definition) is 1. The molecule has 6 nitrogen and oxygen atoms in total. The molecular weight excluding hydrogens is 236 g/mol. The minimum atomic E-state index is -1.06. The zero-order valence-electron chi connectivity index (χ0n) is 10.4. The van der Waals surface area contributed by atoms with Crippen molar-refractivity contribution in [3.8, 4) is 5.75 Å². The maximum atomic E-state index is 11.3. The van der Waals surface area contributed by atoms with Gasteiger partial charge in [-0.2, -0.15) is 0 Å². The quantitative estimate of drug-likeness (QED) is 0.765. The summed E-state index contributed by atoms with van der Waals surface area (Å²) in [6.45, 7) is 0.283. The van der Waals surface area contributed by atoms with Gasteiger partial charge in [0.05, 0.1) is 12.8 Å². The molecule has 1 N–H and O–H groups in total. The minimum absolute atomic E-state index is 0.0169. The van der Waals surface area contributed by atoms with Crippen molar-refractivity contribution in [2.45, 2.75) is 12.8 Å². The Hall–Kier alpha value is -2.11. The third-order valence-corrected chi connectivity index (χ3v) is 2.31. The lowest BCUT2D eigenvalue weighted by Gasteiger charge is -2.11. The van der Waals surface area contributed by atoms with Gasteiger partial charge in [-0.3, -0.25) is 9.78 Å². The Labute approximate surface area is 105 Å². The zero-order chi connectivity index (χ0) is 13.5. The second kappa shape index (κ2) is 6.58. The average Bonchev–Trinajstić information content (AvgIpc) is 2.34. The fraction of sp³-hybridized carbons (Fsp3) is 0.417. The van der Waals surface area contributed by atoms with E-state index in [0.717, 1.165) is 0 Å². The molecule has 1 aromatic rings. The van der Waals surface area contributed by atoms with E-state index in [9.17, 15) is 9.59 Å². The summed E-state index contributed by atoms with van der Waals surface area (Å²) in [5, 5.41) is 8.91. The summed E-state index contributed by atoms with van der Waals surface area (Å²) in [4.78, 5) is 27.5. The molecule has 0 aromatic carbocycles. The Morgan fingerprint density at radius 2 is 2.17 bits per heavy atom. The molecule has 98 valence electrons. The van der Waals surface area contributed by atoms with E-state index >= 15 is 0 Å². The number of carboxylic acid groups (broad SMARTS) is 1. The van der Waals surface area contributed by atoms with Crippen LogP contribution in [0, 0.1) is 0 Å². The second-order valence-corrected chi connectivity index (χ2v) is 3.92. The third kappa shape index (κ3) is 4.04. The summed E-state index contributed by atoms with van der Waals surface area (Å²) in [7, 11) is 3.37. The molecule has 0 aliphatic rings. The van der Waals surface area contributed by atoms with Gasteiger partial charge in [0, 0.05) is 26.7 Å². The van der Waals surface area contributed by atoms with Crippen LogP contribution in [0.2, 0.25) is 0 Å². The Morgan fingerprint density at radius 3 is 2.78 bits per heavy atom. The van der Waals surface area contributed by atoms with Crippen molar-refractivity contribution in [1.82, 2.24) is 9.88 Å². The van der Waals surface area contributed by atoms with Gasteiger partial charge < -0.3 is 14.7 Å². The van der Waals surface area contributed by atoms with Gasteiger partial charge >= 0.3 is 5.97 Å². The maximum absolute atomic E-state index is 11.3. The van der Waals surface area contributed by atoms with Gasteiger partial charge in [0.1, 0.15) is 5.56 Å². The number of pyridine rings is 1. The van der Waals surface area contributed by atoms with Crippen LogP contribution in [-0.2, 0) is 4.79 Å². The van der Waals surface area contributed by atoms with Crippen LogP contribution in [0.4, 0.5) is 0 Å². The monoisotopic (exact) mass is 252 g/mol. The van der Waals surface area contributed by atoms with Crippen molar-refractivity contribution in [1.29, 1.82) is 0 Å². The first-order chi connectivity index (χ1) is 8.52. The van der Waals surface area contributed by atoms with Crippen LogP contribution in [0.1, 0.15) is 23.2 Å². The standard InChI is InChI=1S/C12H16N2O4/c1-14(2)11(15)4-3-7-18-10-8-13-6-5-9(10)12(16)17/h5-6,8H,3-4,7H2,1-2H3,(H,16,17). The van der Waals surface area contributed by atoms with Gasteiger partial charge in [-0.15, -0.1) is 0 Å². The molecule has 0 aliphatic heterocycles. The Kier molecular flexibility index (Phi) is 5.10. The minimum Gasteiger partial charge on any atom is -0.491 e. The molecule has 0 fully saturated rings. The van der Waals surface area contributed by atoms with Crippen LogP contribution in [-0.4, -0.2) is 47.6 Å². The number of hydrogen-bond acceptors (Lipinski definition) is 4. The summed E-state index contributed by atoms with van der Waals surface area (Å²) in [5.41, 5.74) is 0.0731. The molecule has 0 aliphatic carbocycles. The number of amides is 1. The van der Waals surface area contributed by atoms with Crippen molar-refractivity contribution in [2.24, 2.45) is 0 Å². The summed E-state index contributed by atoms with van der Waals surface area (Å²) in [6.07, 6.45) is 3.66. The number of nitrogens with zero attached hydrogens (tertiary/aromatic N) is 2. The van der Waals surface area contributed by atoms with E-state index in [1.54, 1.807) is 14.1 Å². The Balaban J connectivity index is 2.45. The highest BCUT2D eigenvalue weighted by molar-refractivity contribution is 5.90. The number of aromatic carboxylic acids is 1. The predicted molar refractivity (Wildman–Crippen MR) is 64.6 cm³/mol. The molecule has 0 saturated heterocycles. The Morgan fingerprint density at radius 1 is 1.44 bits per heavy atom. The first kappa shape index (κ1) is 14.0. The van der Waals surface area contributed by atoms with Crippen LogP contribution in [0.25, 0.3) is 0 Å². The van der Waals surface area contributed by atoms with E-state index < -0.39 is 5.97 Å². The molecular formula is C12H16N2O4. The lowest BCUT2D eigenvalue weighted by atomic mass is 10.2. The third-order valence-electron chi connectivity index (χ3n) is 2.31. The predicted octanol–water partition coefficient (Wildman–Crippen LogP) is 1.03. The van der Waals surface area contributed by atoms with E-state index in [2.05, 4.69) is 4.98 Å². The molecule has 0 bridgehead atoms. The van der Waals surface area contributed by atoms with Gasteiger partial charge in [-0.1, -0.05) is 0 Å². The molecule has 1 amide bonds. The van der Waals surface area contributed by atoms with Crippen molar-refractivity contribution in [3.63, 3.8) is 0 Å². The number of carbonyl (C=O) groups is 2. The zero-order valence-corrected chi connectivity index (χ0v) is 10.4. The van der Waals surface area contributed by atoms with Crippen molar-refractivity contribution in [2.75, 3.05) is 20.7 Å². The largest absolute Gasteiger partial charge is 0.491 e.